The van der Waals surface area contributed by atoms with Crippen molar-refractivity contribution in [2.75, 3.05) is 4.90 Å². The zero-order chi connectivity index (χ0) is 17.3. The number of rotatable bonds is 1. The van der Waals surface area contributed by atoms with Crippen molar-refractivity contribution in [1.29, 1.82) is 0 Å². The van der Waals surface area contributed by atoms with Crippen LogP contribution in [0.1, 0.15) is 34.9 Å². The average Bonchev–Trinajstić information content (AvgIpc) is 2.88. The number of carbonyl (C=O) groups excluding carboxylic acids is 3. The van der Waals surface area contributed by atoms with Crippen LogP contribution in [-0.2, 0) is 14.4 Å². The van der Waals surface area contributed by atoms with Crippen LogP contribution in [0.15, 0.2) is 48.5 Å². The Morgan fingerprint density at radius 1 is 0.840 bits per heavy atom. The third-order valence-electron chi connectivity index (χ3n) is 6.05. The number of nitrogens with zero attached hydrogens (tertiary/aromatic N) is 1. The van der Waals surface area contributed by atoms with Crippen LogP contribution < -0.4 is 4.90 Å². The standard InChI is InChI=1S/C21H17NO3/c1-11-6-2-5-9-15(11)22-20(24)18-14-10-16(23)17(19(18)21(22)25)13-8-4-3-7-12(13)14/h2-9,14,17-19H,10H2,1H3. The van der Waals surface area contributed by atoms with Crippen LogP contribution in [0.3, 0.4) is 0 Å². The molecule has 0 radical (unpaired) electrons. The van der Waals surface area contributed by atoms with Crippen molar-refractivity contribution in [3.63, 3.8) is 0 Å². The second-order valence-electron chi connectivity index (χ2n) is 7.23. The molecular formula is C21H17NO3. The van der Waals surface area contributed by atoms with E-state index in [1.54, 1.807) is 6.07 Å². The van der Waals surface area contributed by atoms with Crippen molar-refractivity contribution in [2.24, 2.45) is 11.8 Å². The van der Waals surface area contributed by atoms with Gasteiger partial charge in [0.2, 0.25) is 11.8 Å². The van der Waals surface area contributed by atoms with Gasteiger partial charge < -0.3 is 0 Å². The SMILES string of the molecule is Cc1ccccc1N1C(=O)C2C3CC(=O)C(c4ccccc43)C2C1=O. The predicted molar refractivity (Wildman–Crippen MR) is 92.2 cm³/mol. The summed E-state index contributed by atoms with van der Waals surface area (Å²) in [6, 6.07) is 15.2. The smallest absolute Gasteiger partial charge is 0.238 e. The van der Waals surface area contributed by atoms with E-state index in [4.69, 9.17) is 0 Å². The zero-order valence-corrected chi connectivity index (χ0v) is 13.8. The molecule has 6 rings (SSSR count). The largest absolute Gasteiger partial charge is 0.299 e. The number of Topliss-reactive ketones (excluding diaryl/α,β-unsaturated/α-hetero) is 1. The number of aryl methyl sites for hydroxylation is 1. The maximum absolute atomic E-state index is 13.2. The van der Waals surface area contributed by atoms with Gasteiger partial charge in [0.15, 0.2) is 0 Å². The first-order valence-electron chi connectivity index (χ1n) is 8.64. The van der Waals surface area contributed by atoms with E-state index in [1.165, 1.54) is 4.90 Å². The van der Waals surface area contributed by atoms with Crippen LogP contribution in [0.5, 0.6) is 0 Å². The Balaban J connectivity index is 1.68. The molecule has 4 unspecified atom stereocenters. The fourth-order valence-electron chi connectivity index (χ4n) is 5.01. The molecule has 0 N–H and O–H groups in total. The Morgan fingerprint density at radius 3 is 2.24 bits per heavy atom. The van der Waals surface area contributed by atoms with Gasteiger partial charge in [-0.25, -0.2) is 4.90 Å². The highest BCUT2D eigenvalue weighted by molar-refractivity contribution is 6.25. The topological polar surface area (TPSA) is 54.5 Å². The Hall–Kier alpha value is -2.75. The van der Waals surface area contributed by atoms with Gasteiger partial charge in [0, 0.05) is 12.3 Å². The van der Waals surface area contributed by atoms with Crippen molar-refractivity contribution in [3.05, 3.63) is 65.2 Å². The van der Waals surface area contributed by atoms with Crippen LogP contribution in [0, 0.1) is 18.8 Å². The number of carbonyl (C=O) groups is 3. The molecule has 1 heterocycles. The molecule has 4 nitrogen and oxygen atoms in total. The highest BCUT2D eigenvalue weighted by Crippen LogP contribution is 2.57. The van der Waals surface area contributed by atoms with Gasteiger partial charge >= 0.3 is 0 Å². The fraction of sp³-hybridized carbons (Fsp3) is 0.286. The van der Waals surface area contributed by atoms with Crippen LogP contribution >= 0.6 is 0 Å². The minimum absolute atomic E-state index is 0.0951. The number of anilines is 1. The van der Waals surface area contributed by atoms with Crippen molar-refractivity contribution < 1.29 is 14.4 Å². The maximum Gasteiger partial charge on any atom is 0.238 e. The maximum atomic E-state index is 13.2. The first-order valence-corrected chi connectivity index (χ1v) is 8.64. The Morgan fingerprint density at radius 2 is 1.48 bits per heavy atom. The predicted octanol–water partition coefficient (Wildman–Crippen LogP) is 2.95. The van der Waals surface area contributed by atoms with E-state index in [-0.39, 0.29) is 23.5 Å². The van der Waals surface area contributed by atoms with Gasteiger partial charge in [0.25, 0.3) is 0 Å². The molecule has 1 saturated carbocycles. The second kappa shape index (κ2) is 4.88. The van der Waals surface area contributed by atoms with Crippen LogP contribution in [0.25, 0.3) is 0 Å². The molecule has 4 aliphatic rings. The summed E-state index contributed by atoms with van der Waals surface area (Å²) in [7, 11) is 0. The van der Waals surface area contributed by atoms with E-state index >= 15 is 0 Å². The van der Waals surface area contributed by atoms with E-state index in [2.05, 4.69) is 0 Å². The van der Waals surface area contributed by atoms with Gasteiger partial charge in [-0.2, -0.15) is 0 Å². The molecule has 1 aliphatic heterocycles. The Labute approximate surface area is 145 Å². The molecule has 2 amide bonds. The summed E-state index contributed by atoms with van der Waals surface area (Å²) in [5.74, 6) is -1.89. The Kier molecular flexibility index (Phi) is 2.85. The molecule has 4 heteroatoms. The van der Waals surface area contributed by atoms with Crippen LogP contribution in [0.4, 0.5) is 5.69 Å². The molecule has 2 aromatic carbocycles. The molecule has 124 valence electrons. The summed E-state index contributed by atoms with van der Waals surface area (Å²) in [6.45, 7) is 1.90. The molecule has 2 fully saturated rings. The molecule has 0 spiro atoms. The second-order valence-corrected chi connectivity index (χ2v) is 7.23. The van der Waals surface area contributed by atoms with Gasteiger partial charge in [0.1, 0.15) is 5.78 Å². The average molecular weight is 331 g/mol. The molecule has 2 aromatic rings. The molecule has 2 bridgehead atoms. The monoisotopic (exact) mass is 331 g/mol. The number of fused-ring (bicyclic) bond motifs is 1. The lowest BCUT2D eigenvalue weighted by Gasteiger charge is -2.43. The van der Waals surface area contributed by atoms with Gasteiger partial charge in [0.05, 0.1) is 23.4 Å². The van der Waals surface area contributed by atoms with Crippen LogP contribution in [0.2, 0.25) is 0 Å². The quantitative estimate of drug-likeness (QED) is 0.755. The zero-order valence-electron chi connectivity index (χ0n) is 13.8. The lowest BCUT2D eigenvalue weighted by Crippen LogP contribution is -2.44. The molecular weight excluding hydrogens is 314 g/mol. The lowest BCUT2D eigenvalue weighted by molar-refractivity contribution is -0.134. The number of imide groups is 1. The number of amides is 2. The van der Waals surface area contributed by atoms with E-state index in [9.17, 15) is 14.4 Å². The van der Waals surface area contributed by atoms with Crippen molar-refractivity contribution in [1.82, 2.24) is 0 Å². The summed E-state index contributed by atoms with van der Waals surface area (Å²) >= 11 is 0. The minimum atomic E-state index is -0.548. The molecule has 25 heavy (non-hydrogen) atoms. The normalized spacial score (nSPS) is 29.8. The number of hydrogen-bond donors (Lipinski definition) is 0. The van der Waals surface area contributed by atoms with Gasteiger partial charge in [-0.15, -0.1) is 0 Å². The number of ketones is 1. The van der Waals surface area contributed by atoms with Crippen molar-refractivity contribution in [2.45, 2.75) is 25.2 Å². The number of hydrogen-bond acceptors (Lipinski definition) is 3. The van der Waals surface area contributed by atoms with Gasteiger partial charge in [-0.05, 0) is 29.7 Å². The fourth-order valence-corrected chi connectivity index (χ4v) is 5.01. The third kappa shape index (κ3) is 1.74. The molecule has 0 aromatic heterocycles. The van der Waals surface area contributed by atoms with Crippen LogP contribution in [-0.4, -0.2) is 17.6 Å². The molecule has 3 aliphatic carbocycles. The summed E-state index contributed by atoms with van der Waals surface area (Å²) in [5.41, 5.74) is 3.54. The highest BCUT2D eigenvalue weighted by atomic mass is 16.2. The summed E-state index contributed by atoms with van der Waals surface area (Å²) in [5, 5.41) is 0. The van der Waals surface area contributed by atoms with E-state index in [1.807, 2.05) is 49.4 Å². The lowest BCUT2D eigenvalue weighted by atomic mass is 9.56. The van der Waals surface area contributed by atoms with Crippen molar-refractivity contribution in [3.8, 4) is 0 Å². The van der Waals surface area contributed by atoms with E-state index < -0.39 is 17.8 Å². The first kappa shape index (κ1) is 14.6. The number of benzene rings is 2. The molecule has 1 saturated heterocycles. The summed E-state index contributed by atoms with van der Waals surface area (Å²) in [4.78, 5) is 40.4. The van der Waals surface area contributed by atoms with Gasteiger partial charge in [-0.1, -0.05) is 42.5 Å². The highest BCUT2D eigenvalue weighted by Gasteiger charge is 2.62. The number of para-hydroxylation sites is 1. The summed E-state index contributed by atoms with van der Waals surface area (Å²) < 4.78 is 0. The first-order chi connectivity index (χ1) is 12.1. The minimum Gasteiger partial charge on any atom is -0.299 e. The Bertz CT molecular complexity index is 948. The van der Waals surface area contributed by atoms with E-state index in [0.29, 0.717) is 12.1 Å². The molecule has 4 atom stereocenters. The van der Waals surface area contributed by atoms with E-state index in [0.717, 1.165) is 16.7 Å². The summed E-state index contributed by atoms with van der Waals surface area (Å²) in [6.07, 6.45) is 0.365. The van der Waals surface area contributed by atoms with Crippen molar-refractivity contribution >= 4 is 23.3 Å². The third-order valence-corrected chi connectivity index (χ3v) is 6.05. The van der Waals surface area contributed by atoms with Gasteiger partial charge in [-0.3, -0.25) is 14.4 Å².